The summed E-state index contributed by atoms with van der Waals surface area (Å²) in [4.78, 5) is 38.2. The number of carbonyl (C=O) groups is 2. The number of nitrogens with one attached hydrogen (secondary N) is 1. The summed E-state index contributed by atoms with van der Waals surface area (Å²) < 4.78 is 69.5. The SMILES string of the molecule is CCc1cccc(CC)c1-n1nc2c(c1-c1c(F)cc(COC(=O)CC[C@H](C)C(=O)OC(C)(C)C)c3[nH]ccc13)CN(c1ncc(C(F)(F)F)cn1)CC2. The van der Waals surface area contributed by atoms with Gasteiger partial charge in [0.05, 0.1) is 34.1 Å². The van der Waals surface area contributed by atoms with E-state index in [9.17, 15) is 22.8 Å². The van der Waals surface area contributed by atoms with Crippen LogP contribution in [0.4, 0.5) is 23.5 Å². The van der Waals surface area contributed by atoms with Crippen LogP contribution in [0.25, 0.3) is 27.8 Å². The number of ether oxygens (including phenoxy) is 2. The number of H-pyrrole nitrogens is 1. The van der Waals surface area contributed by atoms with Crippen molar-refractivity contribution in [2.75, 3.05) is 11.4 Å². The zero-order chi connectivity index (χ0) is 38.9. The molecular formula is C40H44F4N6O4. The first-order valence-electron chi connectivity index (χ1n) is 18.1. The van der Waals surface area contributed by atoms with Crippen LogP contribution in [0.2, 0.25) is 0 Å². The number of nitrogens with zero attached hydrogens (tertiary/aromatic N) is 5. The van der Waals surface area contributed by atoms with Gasteiger partial charge in [-0.3, -0.25) is 9.59 Å². The molecule has 5 aromatic rings. The minimum atomic E-state index is -4.57. The van der Waals surface area contributed by atoms with Crippen molar-refractivity contribution in [2.24, 2.45) is 5.92 Å². The predicted octanol–water partition coefficient (Wildman–Crippen LogP) is 8.46. The van der Waals surface area contributed by atoms with Gasteiger partial charge >= 0.3 is 18.1 Å². The third kappa shape index (κ3) is 7.97. The Labute approximate surface area is 310 Å². The van der Waals surface area contributed by atoms with Crippen LogP contribution in [-0.2, 0) is 57.7 Å². The maximum atomic E-state index is 16.8. The molecule has 0 unspecified atom stereocenters. The minimum Gasteiger partial charge on any atom is -0.461 e. The molecule has 2 aromatic carbocycles. The van der Waals surface area contributed by atoms with Gasteiger partial charge in [0.15, 0.2) is 0 Å². The fourth-order valence-electron chi connectivity index (χ4n) is 6.79. The summed E-state index contributed by atoms with van der Waals surface area (Å²) in [5.74, 6) is -1.88. The van der Waals surface area contributed by atoms with E-state index in [-0.39, 0.29) is 37.5 Å². The van der Waals surface area contributed by atoms with Crippen LogP contribution in [0, 0.1) is 11.7 Å². The van der Waals surface area contributed by atoms with E-state index in [0.29, 0.717) is 53.5 Å². The molecule has 4 heterocycles. The largest absolute Gasteiger partial charge is 0.461 e. The van der Waals surface area contributed by atoms with Crippen LogP contribution in [-0.4, -0.2) is 48.8 Å². The number of aromatic amines is 1. The second kappa shape index (κ2) is 15.2. The molecule has 0 amide bonds. The second-order valence-corrected chi connectivity index (χ2v) is 14.6. The van der Waals surface area contributed by atoms with E-state index in [4.69, 9.17) is 14.6 Å². The highest BCUT2D eigenvalue weighted by Gasteiger charge is 2.34. The van der Waals surface area contributed by atoms with Crippen molar-refractivity contribution in [3.05, 3.63) is 88.3 Å². The lowest BCUT2D eigenvalue weighted by Gasteiger charge is -2.27. The summed E-state index contributed by atoms with van der Waals surface area (Å²) in [6.07, 6.45) is 0.686. The highest BCUT2D eigenvalue weighted by atomic mass is 19.4. The Morgan fingerprint density at radius 3 is 2.33 bits per heavy atom. The molecule has 54 heavy (non-hydrogen) atoms. The number of aryl methyl sites for hydroxylation is 2. The summed E-state index contributed by atoms with van der Waals surface area (Å²) in [7, 11) is 0. The topological polar surface area (TPSA) is 115 Å². The van der Waals surface area contributed by atoms with E-state index < -0.39 is 41.0 Å². The van der Waals surface area contributed by atoms with Crippen LogP contribution in [0.1, 0.15) is 87.9 Å². The Balaban J connectivity index is 1.37. The Morgan fingerprint density at radius 1 is 1.02 bits per heavy atom. The van der Waals surface area contributed by atoms with E-state index in [1.54, 1.807) is 44.9 Å². The molecule has 0 radical (unpaired) electrons. The van der Waals surface area contributed by atoms with Crippen molar-refractivity contribution < 1.29 is 36.6 Å². The van der Waals surface area contributed by atoms with Crippen LogP contribution in [0.15, 0.2) is 48.9 Å². The average Bonchev–Trinajstić information content (AvgIpc) is 3.76. The van der Waals surface area contributed by atoms with Gasteiger partial charge in [-0.05, 0) is 63.3 Å². The van der Waals surface area contributed by atoms with Crippen LogP contribution >= 0.6 is 0 Å². The lowest BCUT2D eigenvalue weighted by molar-refractivity contribution is -0.160. The highest BCUT2D eigenvalue weighted by Crippen LogP contribution is 2.41. The molecule has 1 aliphatic heterocycles. The Kier molecular flexibility index (Phi) is 10.8. The van der Waals surface area contributed by atoms with E-state index in [1.807, 2.05) is 36.7 Å². The molecule has 3 aromatic heterocycles. The minimum absolute atomic E-state index is 0.0179. The van der Waals surface area contributed by atoms with Crippen LogP contribution < -0.4 is 4.90 Å². The summed E-state index contributed by atoms with van der Waals surface area (Å²) >= 11 is 0. The van der Waals surface area contributed by atoms with Crippen molar-refractivity contribution in [1.82, 2.24) is 24.7 Å². The first-order valence-corrected chi connectivity index (χ1v) is 18.1. The second-order valence-electron chi connectivity index (χ2n) is 14.6. The van der Waals surface area contributed by atoms with Gasteiger partial charge in [-0.25, -0.2) is 19.0 Å². The van der Waals surface area contributed by atoms with Crippen LogP contribution in [0.3, 0.4) is 0 Å². The fourth-order valence-corrected chi connectivity index (χ4v) is 6.79. The highest BCUT2D eigenvalue weighted by molar-refractivity contribution is 5.98. The summed E-state index contributed by atoms with van der Waals surface area (Å²) in [5.41, 5.74) is 4.54. The Bertz CT molecular complexity index is 2150. The molecule has 0 bridgehead atoms. The molecular weight excluding hydrogens is 704 g/mol. The van der Waals surface area contributed by atoms with Gasteiger partial charge in [-0.2, -0.15) is 18.3 Å². The molecule has 0 aliphatic carbocycles. The first-order chi connectivity index (χ1) is 25.6. The number of anilines is 1. The molecule has 10 nitrogen and oxygen atoms in total. The molecule has 1 aliphatic rings. The number of benzene rings is 2. The molecule has 286 valence electrons. The molecule has 0 fully saturated rings. The van der Waals surface area contributed by atoms with Crippen LogP contribution in [0.5, 0.6) is 0 Å². The first kappa shape index (κ1) is 38.5. The molecule has 0 saturated heterocycles. The number of para-hydroxylation sites is 1. The molecule has 14 heteroatoms. The number of alkyl halides is 3. The summed E-state index contributed by atoms with van der Waals surface area (Å²) in [6, 6.07) is 9.15. The maximum absolute atomic E-state index is 16.8. The average molecular weight is 749 g/mol. The van der Waals surface area contributed by atoms with Crippen molar-refractivity contribution in [2.45, 2.75) is 98.6 Å². The summed E-state index contributed by atoms with van der Waals surface area (Å²) in [5, 5.41) is 5.63. The Morgan fingerprint density at radius 2 is 1.70 bits per heavy atom. The van der Waals surface area contributed by atoms with E-state index >= 15 is 4.39 Å². The third-order valence-electron chi connectivity index (χ3n) is 9.55. The molecule has 6 rings (SSSR count). The lowest BCUT2D eigenvalue weighted by atomic mass is 9.95. The van der Waals surface area contributed by atoms with Gasteiger partial charge in [-0.15, -0.1) is 0 Å². The number of hydrogen-bond acceptors (Lipinski definition) is 8. The van der Waals surface area contributed by atoms with Crippen molar-refractivity contribution in [3.8, 4) is 16.9 Å². The normalized spacial score (nSPS) is 13.9. The maximum Gasteiger partial charge on any atom is 0.419 e. The van der Waals surface area contributed by atoms with Crippen molar-refractivity contribution in [1.29, 1.82) is 0 Å². The number of halogens is 4. The smallest absolute Gasteiger partial charge is 0.419 e. The number of fused-ring (bicyclic) bond motifs is 2. The molecule has 0 spiro atoms. The quantitative estimate of drug-likeness (QED) is 0.106. The van der Waals surface area contributed by atoms with Crippen molar-refractivity contribution >= 4 is 28.8 Å². The number of aromatic nitrogens is 5. The van der Waals surface area contributed by atoms with E-state index in [1.165, 1.54) is 6.07 Å². The van der Waals surface area contributed by atoms with E-state index in [0.717, 1.165) is 34.9 Å². The molecule has 1 atom stereocenters. The summed E-state index contributed by atoms with van der Waals surface area (Å²) in [6.45, 7) is 11.5. The third-order valence-corrected chi connectivity index (χ3v) is 9.55. The van der Waals surface area contributed by atoms with E-state index in [2.05, 4.69) is 15.0 Å². The zero-order valence-corrected chi connectivity index (χ0v) is 31.2. The standard InChI is InChI=1S/C40H44F4N6O4/c1-7-24-10-9-11-25(8-2)35(24)50-36(29-21-49(17-15-31(29)48-50)38-46-19-27(20-47-38)40(42,43)44)33-28-14-16-45-34(28)26(18-30(33)41)22-53-32(51)13-12-23(3)37(52)54-39(4,5)6/h9-11,14,16,18-20,23,45H,7-8,12-13,15,17,21-22H2,1-6H3/t23-/m0/s1. The lowest BCUT2D eigenvalue weighted by Crippen LogP contribution is -2.31. The van der Waals surface area contributed by atoms with Crippen molar-refractivity contribution in [3.63, 3.8) is 0 Å². The number of rotatable bonds is 11. The van der Waals surface area contributed by atoms with Gasteiger partial charge in [0, 0.05) is 66.6 Å². The number of esters is 2. The molecule has 0 saturated carbocycles. The Hall–Kier alpha value is -5.27. The monoisotopic (exact) mass is 748 g/mol. The number of carbonyl (C=O) groups excluding carboxylic acids is 2. The zero-order valence-electron chi connectivity index (χ0n) is 31.2. The fraction of sp³-hybridized carbons (Fsp3) is 0.425. The van der Waals surface area contributed by atoms with Gasteiger partial charge in [0.2, 0.25) is 5.95 Å². The van der Waals surface area contributed by atoms with Gasteiger partial charge in [-0.1, -0.05) is 39.0 Å². The van der Waals surface area contributed by atoms with Gasteiger partial charge < -0.3 is 19.4 Å². The molecule has 1 N–H and O–H groups in total. The number of hydrogen-bond donors (Lipinski definition) is 1. The van der Waals surface area contributed by atoms with Gasteiger partial charge in [0.1, 0.15) is 18.0 Å². The predicted molar refractivity (Wildman–Crippen MR) is 195 cm³/mol. The van der Waals surface area contributed by atoms with Gasteiger partial charge in [0.25, 0.3) is 0 Å².